The summed E-state index contributed by atoms with van der Waals surface area (Å²) in [7, 11) is 0. The number of phenols is 1. The van der Waals surface area contributed by atoms with E-state index in [4.69, 9.17) is 0 Å². The van der Waals surface area contributed by atoms with Crippen molar-refractivity contribution >= 4 is 17.3 Å². The van der Waals surface area contributed by atoms with E-state index in [9.17, 15) is 14.3 Å². The van der Waals surface area contributed by atoms with Crippen LogP contribution in [0.15, 0.2) is 42.5 Å². The molecule has 132 valence electrons. The maximum Gasteiger partial charge on any atom is 0.238 e. The second-order valence-corrected chi connectivity index (χ2v) is 6.31. The van der Waals surface area contributed by atoms with Crippen LogP contribution >= 0.6 is 0 Å². The highest BCUT2D eigenvalue weighted by Crippen LogP contribution is 2.20. The molecule has 2 aromatic carbocycles. The second-order valence-electron chi connectivity index (χ2n) is 6.31. The third-order valence-corrected chi connectivity index (χ3v) is 4.35. The van der Waals surface area contributed by atoms with Gasteiger partial charge in [0, 0.05) is 31.9 Å². The molecule has 0 unspecified atom stereocenters. The molecular weight excluding hydrogens is 321 g/mol. The minimum atomic E-state index is -0.412. The van der Waals surface area contributed by atoms with Gasteiger partial charge in [-0.25, -0.2) is 4.39 Å². The summed E-state index contributed by atoms with van der Waals surface area (Å²) in [5, 5.41) is 12.0. The van der Waals surface area contributed by atoms with Gasteiger partial charge < -0.3 is 15.3 Å². The number of carbonyl (C=O) groups is 1. The van der Waals surface area contributed by atoms with Crippen molar-refractivity contribution in [3.05, 3.63) is 53.8 Å². The number of anilines is 2. The van der Waals surface area contributed by atoms with Crippen LogP contribution in [0, 0.1) is 12.7 Å². The number of aromatic hydroxyl groups is 1. The topological polar surface area (TPSA) is 55.8 Å². The molecule has 0 spiro atoms. The molecule has 6 heteroatoms. The van der Waals surface area contributed by atoms with Crippen LogP contribution < -0.4 is 10.2 Å². The Balaban J connectivity index is 1.50. The van der Waals surface area contributed by atoms with Crippen LogP contribution in [0.5, 0.6) is 5.75 Å². The van der Waals surface area contributed by atoms with Crippen LogP contribution in [0.4, 0.5) is 15.8 Å². The number of benzene rings is 2. The molecule has 5 nitrogen and oxygen atoms in total. The van der Waals surface area contributed by atoms with Crippen molar-refractivity contribution in [2.45, 2.75) is 6.92 Å². The van der Waals surface area contributed by atoms with Crippen molar-refractivity contribution in [3.8, 4) is 5.75 Å². The predicted octanol–water partition coefficient (Wildman–Crippen LogP) is 2.60. The number of carbonyl (C=O) groups excluding carboxylic acids is 1. The number of nitrogens with one attached hydrogen (secondary N) is 1. The maximum absolute atomic E-state index is 13.8. The monoisotopic (exact) mass is 343 g/mol. The van der Waals surface area contributed by atoms with Crippen LogP contribution in [-0.4, -0.2) is 48.6 Å². The van der Waals surface area contributed by atoms with Crippen LogP contribution in [0.1, 0.15) is 5.56 Å². The fourth-order valence-corrected chi connectivity index (χ4v) is 2.94. The molecule has 0 atom stereocenters. The van der Waals surface area contributed by atoms with Crippen LogP contribution in [-0.2, 0) is 4.79 Å². The van der Waals surface area contributed by atoms with Gasteiger partial charge in [-0.15, -0.1) is 0 Å². The third kappa shape index (κ3) is 4.48. The second kappa shape index (κ2) is 7.53. The molecule has 1 saturated heterocycles. The lowest BCUT2D eigenvalue weighted by atomic mass is 10.2. The summed E-state index contributed by atoms with van der Waals surface area (Å²) in [5.74, 6) is -0.367. The van der Waals surface area contributed by atoms with E-state index in [1.54, 1.807) is 24.3 Å². The molecule has 0 radical (unpaired) electrons. The van der Waals surface area contributed by atoms with E-state index in [2.05, 4.69) is 15.1 Å². The molecule has 0 aliphatic carbocycles. The SMILES string of the molecule is Cc1ccc(NC(=O)CN2CCN(c3ccc(O)cc3)CC2)c(F)c1. The molecule has 1 aliphatic heterocycles. The Morgan fingerprint density at radius 1 is 1.12 bits per heavy atom. The minimum absolute atomic E-state index is 0.208. The number of phenolic OH excluding ortho intramolecular Hbond substituents is 1. The predicted molar refractivity (Wildman–Crippen MR) is 96.5 cm³/mol. The Kier molecular flexibility index (Phi) is 5.19. The van der Waals surface area contributed by atoms with E-state index in [1.165, 1.54) is 6.07 Å². The highest BCUT2D eigenvalue weighted by molar-refractivity contribution is 5.92. The number of hydrogen-bond acceptors (Lipinski definition) is 4. The summed E-state index contributed by atoms with van der Waals surface area (Å²) in [6.45, 7) is 5.17. The molecule has 25 heavy (non-hydrogen) atoms. The van der Waals surface area contributed by atoms with Crippen molar-refractivity contribution in [1.82, 2.24) is 4.90 Å². The average molecular weight is 343 g/mol. The van der Waals surface area contributed by atoms with E-state index >= 15 is 0 Å². The highest BCUT2D eigenvalue weighted by Gasteiger charge is 2.19. The van der Waals surface area contributed by atoms with E-state index in [1.807, 2.05) is 19.1 Å². The molecule has 1 aliphatic rings. The van der Waals surface area contributed by atoms with Crippen molar-refractivity contribution in [3.63, 3.8) is 0 Å². The van der Waals surface area contributed by atoms with Crippen molar-refractivity contribution < 1.29 is 14.3 Å². The first kappa shape index (κ1) is 17.2. The molecule has 0 bridgehead atoms. The van der Waals surface area contributed by atoms with Crippen molar-refractivity contribution in [2.24, 2.45) is 0 Å². The first-order chi connectivity index (χ1) is 12.0. The van der Waals surface area contributed by atoms with Gasteiger partial charge in [0.2, 0.25) is 5.91 Å². The van der Waals surface area contributed by atoms with Gasteiger partial charge in [-0.2, -0.15) is 0 Å². The van der Waals surface area contributed by atoms with Gasteiger partial charge >= 0.3 is 0 Å². The average Bonchev–Trinajstić information content (AvgIpc) is 2.59. The number of nitrogens with zero attached hydrogens (tertiary/aromatic N) is 2. The van der Waals surface area contributed by atoms with Crippen LogP contribution in [0.2, 0.25) is 0 Å². The summed E-state index contributed by atoms with van der Waals surface area (Å²) in [6, 6.07) is 11.9. The number of hydrogen-bond donors (Lipinski definition) is 2. The Hall–Kier alpha value is -2.60. The van der Waals surface area contributed by atoms with Gasteiger partial charge in [-0.05, 0) is 48.9 Å². The van der Waals surface area contributed by atoms with Crippen LogP contribution in [0.25, 0.3) is 0 Å². The summed E-state index contributed by atoms with van der Waals surface area (Å²) in [4.78, 5) is 16.4. The summed E-state index contributed by atoms with van der Waals surface area (Å²) < 4.78 is 13.8. The molecule has 1 fully saturated rings. The zero-order chi connectivity index (χ0) is 17.8. The molecular formula is C19H22FN3O2. The number of piperazine rings is 1. The number of amides is 1. The fourth-order valence-electron chi connectivity index (χ4n) is 2.94. The highest BCUT2D eigenvalue weighted by atomic mass is 19.1. The Labute approximate surface area is 146 Å². The first-order valence-corrected chi connectivity index (χ1v) is 8.33. The van der Waals surface area contributed by atoms with Crippen LogP contribution in [0.3, 0.4) is 0 Å². The summed E-state index contributed by atoms with van der Waals surface area (Å²) >= 11 is 0. The summed E-state index contributed by atoms with van der Waals surface area (Å²) in [5.41, 5.74) is 2.10. The Morgan fingerprint density at radius 3 is 2.44 bits per heavy atom. The molecule has 2 N–H and O–H groups in total. The van der Waals surface area contributed by atoms with Gasteiger partial charge in [-0.1, -0.05) is 6.07 Å². The van der Waals surface area contributed by atoms with Crippen molar-refractivity contribution in [2.75, 3.05) is 42.9 Å². The quantitative estimate of drug-likeness (QED) is 0.896. The fraction of sp³-hybridized carbons (Fsp3) is 0.316. The van der Waals surface area contributed by atoms with Gasteiger partial charge in [0.15, 0.2) is 0 Å². The van der Waals surface area contributed by atoms with E-state index in [-0.39, 0.29) is 23.9 Å². The number of aryl methyl sites for hydroxylation is 1. The lowest BCUT2D eigenvalue weighted by Crippen LogP contribution is -2.48. The smallest absolute Gasteiger partial charge is 0.238 e. The number of halogens is 1. The molecule has 2 aromatic rings. The molecule has 1 heterocycles. The Bertz CT molecular complexity index is 741. The standard InChI is InChI=1S/C19H22FN3O2/c1-14-2-7-18(17(20)12-14)21-19(25)13-22-8-10-23(11-9-22)15-3-5-16(24)6-4-15/h2-7,12,24H,8-11,13H2,1H3,(H,21,25). The zero-order valence-electron chi connectivity index (χ0n) is 14.2. The lowest BCUT2D eigenvalue weighted by molar-refractivity contribution is -0.117. The first-order valence-electron chi connectivity index (χ1n) is 8.33. The largest absolute Gasteiger partial charge is 0.508 e. The summed E-state index contributed by atoms with van der Waals surface area (Å²) in [6.07, 6.45) is 0. The van der Waals surface area contributed by atoms with E-state index in [0.29, 0.717) is 0 Å². The van der Waals surface area contributed by atoms with Gasteiger partial charge in [0.25, 0.3) is 0 Å². The normalized spacial score (nSPS) is 15.2. The van der Waals surface area contributed by atoms with Gasteiger partial charge in [-0.3, -0.25) is 9.69 Å². The molecule has 0 aromatic heterocycles. The van der Waals surface area contributed by atoms with Gasteiger partial charge in [0.1, 0.15) is 11.6 Å². The van der Waals surface area contributed by atoms with E-state index in [0.717, 1.165) is 37.4 Å². The number of rotatable bonds is 4. The molecule has 0 saturated carbocycles. The molecule has 3 rings (SSSR count). The molecule has 1 amide bonds. The minimum Gasteiger partial charge on any atom is -0.508 e. The van der Waals surface area contributed by atoms with E-state index < -0.39 is 5.82 Å². The Morgan fingerprint density at radius 2 is 1.80 bits per heavy atom. The zero-order valence-corrected chi connectivity index (χ0v) is 14.2. The van der Waals surface area contributed by atoms with Gasteiger partial charge in [0.05, 0.1) is 12.2 Å². The lowest BCUT2D eigenvalue weighted by Gasteiger charge is -2.35. The maximum atomic E-state index is 13.8. The third-order valence-electron chi connectivity index (χ3n) is 4.35. The van der Waals surface area contributed by atoms with Crippen molar-refractivity contribution in [1.29, 1.82) is 0 Å².